The molecule has 1 heterocycles. The number of nitrogens with one attached hydrogen (secondary N) is 1. The maximum Gasteiger partial charge on any atom is 0.239 e. The topological polar surface area (TPSA) is 67.4 Å². The van der Waals surface area contributed by atoms with E-state index in [-0.39, 0.29) is 12.5 Å². The summed E-state index contributed by atoms with van der Waals surface area (Å²) in [5.41, 5.74) is 0.879. The fraction of sp³-hybridized carbons (Fsp3) is 0.615. The minimum Gasteiger partial charge on any atom is -0.383 e. The summed E-state index contributed by atoms with van der Waals surface area (Å²) in [6, 6.07) is 0. The van der Waals surface area contributed by atoms with Crippen molar-refractivity contribution in [3.8, 4) is 0 Å². The largest absolute Gasteiger partial charge is 0.383 e. The average molecular weight is 301 g/mol. The van der Waals surface area contributed by atoms with Gasteiger partial charge < -0.3 is 15.0 Å². The van der Waals surface area contributed by atoms with Crippen LogP contribution >= 0.6 is 11.6 Å². The summed E-state index contributed by atoms with van der Waals surface area (Å²) in [5, 5.41) is 3.22. The fourth-order valence-corrected chi connectivity index (χ4v) is 2.04. The maximum absolute atomic E-state index is 11.8. The second-order valence-corrected chi connectivity index (χ2v) is 4.77. The SMILES string of the molecule is CCCc1c(Cl)ncnc1N(C)CC(=O)NCCOC. The van der Waals surface area contributed by atoms with Gasteiger partial charge in [-0.15, -0.1) is 0 Å². The highest BCUT2D eigenvalue weighted by Crippen LogP contribution is 2.23. The average Bonchev–Trinajstić information content (AvgIpc) is 2.41. The van der Waals surface area contributed by atoms with E-state index in [4.69, 9.17) is 16.3 Å². The number of carbonyl (C=O) groups is 1. The molecule has 1 N–H and O–H groups in total. The van der Waals surface area contributed by atoms with Gasteiger partial charge in [0.25, 0.3) is 0 Å². The molecule has 0 aliphatic carbocycles. The van der Waals surface area contributed by atoms with Gasteiger partial charge >= 0.3 is 0 Å². The molecule has 0 radical (unpaired) electrons. The summed E-state index contributed by atoms with van der Waals surface area (Å²) < 4.78 is 4.88. The van der Waals surface area contributed by atoms with Crippen LogP contribution in [-0.4, -0.2) is 49.7 Å². The van der Waals surface area contributed by atoms with Gasteiger partial charge in [-0.05, 0) is 6.42 Å². The van der Waals surface area contributed by atoms with Gasteiger partial charge in [-0.2, -0.15) is 0 Å². The predicted molar refractivity (Wildman–Crippen MR) is 79.2 cm³/mol. The molecule has 0 aliphatic rings. The molecule has 0 aliphatic heterocycles. The number of methoxy groups -OCH3 is 1. The van der Waals surface area contributed by atoms with Crippen molar-refractivity contribution in [1.82, 2.24) is 15.3 Å². The Balaban J connectivity index is 2.69. The standard InChI is InChI=1S/C13H21ClN4O2/c1-4-5-10-12(14)16-9-17-13(10)18(2)8-11(19)15-6-7-20-3/h9H,4-8H2,1-3H3,(H,15,19). The normalized spacial score (nSPS) is 10.4. The van der Waals surface area contributed by atoms with E-state index < -0.39 is 0 Å². The highest BCUT2D eigenvalue weighted by molar-refractivity contribution is 6.30. The van der Waals surface area contributed by atoms with E-state index in [1.54, 1.807) is 12.0 Å². The molecule has 20 heavy (non-hydrogen) atoms. The van der Waals surface area contributed by atoms with E-state index in [1.807, 2.05) is 7.05 Å². The van der Waals surface area contributed by atoms with Crippen molar-refractivity contribution >= 4 is 23.3 Å². The highest BCUT2D eigenvalue weighted by Gasteiger charge is 2.15. The molecular formula is C13H21ClN4O2. The Morgan fingerprint density at radius 2 is 2.25 bits per heavy atom. The maximum atomic E-state index is 11.8. The monoisotopic (exact) mass is 300 g/mol. The Kier molecular flexibility index (Phi) is 7.25. The molecule has 0 bridgehead atoms. The first-order chi connectivity index (χ1) is 9.60. The number of hydrogen-bond acceptors (Lipinski definition) is 5. The Morgan fingerprint density at radius 1 is 1.50 bits per heavy atom. The summed E-state index contributed by atoms with van der Waals surface area (Å²) in [5.74, 6) is 0.621. The summed E-state index contributed by atoms with van der Waals surface area (Å²) in [6.45, 7) is 3.27. The highest BCUT2D eigenvalue weighted by atomic mass is 35.5. The van der Waals surface area contributed by atoms with Gasteiger partial charge in [0, 0.05) is 26.3 Å². The number of aromatic nitrogens is 2. The van der Waals surface area contributed by atoms with Gasteiger partial charge in [0.1, 0.15) is 17.3 Å². The molecule has 1 aromatic rings. The molecule has 0 spiro atoms. The molecule has 0 fully saturated rings. The van der Waals surface area contributed by atoms with Gasteiger partial charge in [-0.3, -0.25) is 4.79 Å². The number of hydrogen-bond donors (Lipinski definition) is 1. The number of anilines is 1. The lowest BCUT2D eigenvalue weighted by molar-refractivity contribution is -0.119. The van der Waals surface area contributed by atoms with E-state index in [0.29, 0.717) is 24.1 Å². The van der Waals surface area contributed by atoms with Crippen LogP contribution in [0.25, 0.3) is 0 Å². The van der Waals surface area contributed by atoms with E-state index in [0.717, 1.165) is 18.4 Å². The van der Waals surface area contributed by atoms with Gasteiger partial charge in [0.15, 0.2) is 0 Å². The summed E-state index contributed by atoms with van der Waals surface area (Å²) in [7, 11) is 3.41. The third kappa shape index (κ3) is 4.94. The Labute approximate surface area is 124 Å². The smallest absolute Gasteiger partial charge is 0.239 e. The van der Waals surface area contributed by atoms with Crippen LogP contribution in [0.3, 0.4) is 0 Å². The number of rotatable bonds is 8. The minimum absolute atomic E-state index is 0.0817. The van der Waals surface area contributed by atoms with Crippen LogP contribution in [-0.2, 0) is 16.0 Å². The van der Waals surface area contributed by atoms with E-state index in [2.05, 4.69) is 22.2 Å². The Hall–Kier alpha value is -1.40. The number of ether oxygens (including phenoxy) is 1. The summed E-state index contributed by atoms with van der Waals surface area (Å²) in [4.78, 5) is 21.8. The molecule has 1 aromatic heterocycles. The molecule has 0 unspecified atom stereocenters. The second kappa shape index (κ2) is 8.71. The lowest BCUT2D eigenvalue weighted by Gasteiger charge is -2.20. The van der Waals surface area contributed by atoms with Crippen molar-refractivity contribution in [2.45, 2.75) is 19.8 Å². The number of amides is 1. The molecule has 0 saturated heterocycles. The van der Waals surface area contributed by atoms with Gasteiger partial charge in [0.2, 0.25) is 5.91 Å². The van der Waals surface area contributed by atoms with Crippen molar-refractivity contribution < 1.29 is 9.53 Å². The van der Waals surface area contributed by atoms with Gasteiger partial charge in [0.05, 0.1) is 13.2 Å². The van der Waals surface area contributed by atoms with E-state index in [1.165, 1.54) is 6.33 Å². The van der Waals surface area contributed by atoms with Crippen LogP contribution in [0.4, 0.5) is 5.82 Å². The van der Waals surface area contributed by atoms with Crippen LogP contribution in [0.1, 0.15) is 18.9 Å². The van der Waals surface area contributed by atoms with E-state index in [9.17, 15) is 4.79 Å². The minimum atomic E-state index is -0.0817. The fourth-order valence-electron chi connectivity index (χ4n) is 1.81. The lowest BCUT2D eigenvalue weighted by atomic mass is 10.2. The number of halogens is 1. The number of carbonyl (C=O) groups excluding carboxylic acids is 1. The third-order valence-corrected chi connectivity index (χ3v) is 3.07. The molecule has 0 saturated carbocycles. The molecule has 1 rings (SSSR count). The third-order valence-electron chi connectivity index (χ3n) is 2.74. The zero-order chi connectivity index (χ0) is 15.0. The van der Waals surface area contributed by atoms with E-state index >= 15 is 0 Å². The van der Waals surface area contributed by atoms with Crippen molar-refractivity contribution in [2.24, 2.45) is 0 Å². The van der Waals surface area contributed by atoms with Gasteiger partial charge in [-0.25, -0.2) is 9.97 Å². The van der Waals surface area contributed by atoms with Crippen LogP contribution in [0.2, 0.25) is 5.15 Å². The van der Waals surface area contributed by atoms with Crippen molar-refractivity contribution in [3.05, 3.63) is 17.0 Å². The molecule has 0 atom stereocenters. The van der Waals surface area contributed by atoms with Crippen LogP contribution < -0.4 is 10.2 Å². The van der Waals surface area contributed by atoms with Crippen LogP contribution in [0.15, 0.2) is 6.33 Å². The first-order valence-corrected chi connectivity index (χ1v) is 6.94. The zero-order valence-corrected chi connectivity index (χ0v) is 12.9. The number of nitrogens with zero attached hydrogens (tertiary/aromatic N) is 3. The summed E-state index contributed by atoms with van der Waals surface area (Å²) >= 11 is 6.10. The zero-order valence-electron chi connectivity index (χ0n) is 12.1. The van der Waals surface area contributed by atoms with Crippen molar-refractivity contribution in [1.29, 1.82) is 0 Å². The molecular weight excluding hydrogens is 280 g/mol. The Bertz CT molecular complexity index is 442. The van der Waals surface area contributed by atoms with Crippen molar-refractivity contribution in [2.75, 3.05) is 38.8 Å². The number of likely N-dealkylation sites (N-methyl/N-ethyl adjacent to an activating group) is 1. The summed E-state index contributed by atoms with van der Waals surface area (Å²) in [6.07, 6.45) is 3.13. The molecule has 6 nitrogen and oxygen atoms in total. The second-order valence-electron chi connectivity index (χ2n) is 4.42. The molecule has 112 valence electrons. The first-order valence-electron chi connectivity index (χ1n) is 6.56. The van der Waals surface area contributed by atoms with Gasteiger partial charge in [-0.1, -0.05) is 24.9 Å². The first kappa shape index (κ1) is 16.7. The molecule has 1 amide bonds. The van der Waals surface area contributed by atoms with Crippen LogP contribution in [0, 0.1) is 0 Å². The molecule has 7 heteroatoms. The predicted octanol–water partition coefficient (Wildman–Crippen LogP) is 1.28. The quantitative estimate of drug-likeness (QED) is 0.579. The van der Waals surface area contributed by atoms with Crippen LogP contribution in [0.5, 0.6) is 0 Å². The Morgan fingerprint density at radius 3 is 2.90 bits per heavy atom. The van der Waals surface area contributed by atoms with Crippen molar-refractivity contribution in [3.63, 3.8) is 0 Å². The molecule has 0 aromatic carbocycles. The lowest BCUT2D eigenvalue weighted by Crippen LogP contribution is -2.37.